The Balaban J connectivity index is 1.90. The van der Waals surface area contributed by atoms with Crippen LogP contribution < -0.4 is 5.32 Å². The monoisotopic (exact) mass is 339 g/mol. The standard InChI is InChI=1S/C14H15BrFN3O/c1-10(8-19-5-4-17-9-19)7-18-14(20)12-6-11(16)2-3-13(12)15/h2-6,9-10H,7-8H2,1H3,(H,18,20)/t10-/m1/s1. The van der Waals surface area contributed by atoms with Gasteiger partial charge in [-0.3, -0.25) is 4.79 Å². The molecule has 1 aromatic heterocycles. The number of benzene rings is 1. The first-order chi connectivity index (χ1) is 9.56. The third-order valence-corrected chi connectivity index (χ3v) is 3.56. The molecule has 2 aromatic rings. The summed E-state index contributed by atoms with van der Waals surface area (Å²) in [7, 11) is 0. The van der Waals surface area contributed by atoms with Crippen molar-refractivity contribution >= 4 is 21.8 Å². The predicted octanol–water partition coefficient (Wildman–Crippen LogP) is 2.85. The summed E-state index contributed by atoms with van der Waals surface area (Å²) >= 11 is 3.25. The molecule has 2 rings (SSSR count). The van der Waals surface area contributed by atoms with Crippen LogP contribution in [0.2, 0.25) is 0 Å². The summed E-state index contributed by atoms with van der Waals surface area (Å²) in [5.41, 5.74) is 0.305. The zero-order chi connectivity index (χ0) is 14.5. The van der Waals surface area contributed by atoms with E-state index in [9.17, 15) is 9.18 Å². The number of nitrogens with zero attached hydrogens (tertiary/aromatic N) is 2. The number of nitrogens with one attached hydrogen (secondary N) is 1. The van der Waals surface area contributed by atoms with Crippen molar-refractivity contribution in [3.05, 3.63) is 52.8 Å². The van der Waals surface area contributed by atoms with E-state index in [0.717, 1.165) is 6.54 Å². The van der Waals surface area contributed by atoms with E-state index in [1.54, 1.807) is 12.5 Å². The summed E-state index contributed by atoms with van der Waals surface area (Å²) in [6, 6.07) is 4.06. The molecule has 4 nitrogen and oxygen atoms in total. The van der Waals surface area contributed by atoms with E-state index in [1.807, 2.05) is 17.7 Å². The van der Waals surface area contributed by atoms with Crippen molar-refractivity contribution in [2.24, 2.45) is 5.92 Å². The summed E-state index contributed by atoms with van der Waals surface area (Å²) in [4.78, 5) is 16.0. The van der Waals surface area contributed by atoms with Crippen LogP contribution in [0.15, 0.2) is 41.4 Å². The highest BCUT2D eigenvalue weighted by molar-refractivity contribution is 9.10. The van der Waals surface area contributed by atoms with Crippen molar-refractivity contribution < 1.29 is 9.18 Å². The van der Waals surface area contributed by atoms with Gasteiger partial charge < -0.3 is 9.88 Å². The fourth-order valence-electron chi connectivity index (χ4n) is 1.85. The fraction of sp³-hybridized carbons (Fsp3) is 0.286. The average Bonchev–Trinajstić information content (AvgIpc) is 2.91. The number of rotatable bonds is 5. The van der Waals surface area contributed by atoms with Crippen molar-refractivity contribution in [3.8, 4) is 0 Å². The summed E-state index contributed by atoms with van der Waals surface area (Å²) in [5.74, 6) is -0.459. The second-order valence-corrected chi connectivity index (χ2v) is 5.55. The molecule has 1 amide bonds. The van der Waals surface area contributed by atoms with E-state index in [-0.39, 0.29) is 11.8 Å². The third kappa shape index (κ3) is 3.90. The quantitative estimate of drug-likeness (QED) is 0.910. The lowest BCUT2D eigenvalue weighted by Crippen LogP contribution is -2.30. The van der Waals surface area contributed by atoms with Crippen LogP contribution in [0.4, 0.5) is 4.39 Å². The van der Waals surface area contributed by atoms with Gasteiger partial charge in [0.25, 0.3) is 5.91 Å². The number of hydrogen-bond acceptors (Lipinski definition) is 2. The molecule has 0 unspecified atom stereocenters. The molecule has 0 fully saturated rings. The Hall–Kier alpha value is -1.69. The summed E-state index contributed by atoms with van der Waals surface area (Å²) in [6.45, 7) is 3.31. The van der Waals surface area contributed by atoms with E-state index in [0.29, 0.717) is 16.6 Å². The Morgan fingerprint density at radius 3 is 3.05 bits per heavy atom. The number of carbonyl (C=O) groups is 1. The molecular formula is C14H15BrFN3O. The number of carbonyl (C=O) groups excluding carboxylic acids is 1. The van der Waals surface area contributed by atoms with Gasteiger partial charge in [-0.15, -0.1) is 0 Å². The Kier molecular flexibility index (Phi) is 4.89. The van der Waals surface area contributed by atoms with E-state index in [2.05, 4.69) is 26.2 Å². The van der Waals surface area contributed by atoms with Crippen LogP contribution in [0.25, 0.3) is 0 Å². The number of imidazole rings is 1. The van der Waals surface area contributed by atoms with Crippen LogP contribution in [-0.2, 0) is 6.54 Å². The van der Waals surface area contributed by atoms with Crippen molar-refractivity contribution in [1.82, 2.24) is 14.9 Å². The molecule has 106 valence electrons. The summed E-state index contributed by atoms with van der Waals surface area (Å²) in [5, 5.41) is 2.81. The summed E-state index contributed by atoms with van der Waals surface area (Å²) in [6.07, 6.45) is 5.33. The Morgan fingerprint density at radius 1 is 1.55 bits per heavy atom. The predicted molar refractivity (Wildman–Crippen MR) is 77.8 cm³/mol. The summed E-state index contributed by atoms with van der Waals surface area (Å²) < 4.78 is 15.7. The maximum absolute atomic E-state index is 13.1. The van der Waals surface area contributed by atoms with Crippen LogP contribution in [-0.4, -0.2) is 22.0 Å². The number of aromatic nitrogens is 2. The molecule has 0 aliphatic rings. The van der Waals surface area contributed by atoms with Crippen LogP contribution in [0.5, 0.6) is 0 Å². The number of amides is 1. The fourth-order valence-corrected chi connectivity index (χ4v) is 2.28. The van der Waals surface area contributed by atoms with E-state index < -0.39 is 5.82 Å². The first kappa shape index (κ1) is 14.7. The van der Waals surface area contributed by atoms with Gasteiger partial charge in [0.15, 0.2) is 0 Å². The molecule has 0 bridgehead atoms. The van der Waals surface area contributed by atoms with E-state index >= 15 is 0 Å². The highest BCUT2D eigenvalue weighted by Gasteiger charge is 2.12. The van der Waals surface area contributed by atoms with Gasteiger partial charge in [0.2, 0.25) is 0 Å². The van der Waals surface area contributed by atoms with Gasteiger partial charge in [0.1, 0.15) is 5.82 Å². The van der Waals surface area contributed by atoms with Gasteiger partial charge >= 0.3 is 0 Å². The van der Waals surface area contributed by atoms with Crippen molar-refractivity contribution in [2.45, 2.75) is 13.5 Å². The zero-order valence-electron chi connectivity index (χ0n) is 11.0. The second-order valence-electron chi connectivity index (χ2n) is 4.70. The molecule has 0 saturated heterocycles. The normalized spacial score (nSPS) is 12.2. The molecule has 1 N–H and O–H groups in total. The first-order valence-electron chi connectivity index (χ1n) is 6.25. The van der Waals surface area contributed by atoms with Crippen LogP contribution in [0.3, 0.4) is 0 Å². The van der Waals surface area contributed by atoms with Gasteiger partial charge in [-0.05, 0) is 40.0 Å². The Labute approximate surface area is 125 Å². The van der Waals surface area contributed by atoms with E-state index in [1.165, 1.54) is 18.2 Å². The Bertz CT molecular complexity index is 586. The maximum Gasteiger partial charge on any atom is 0.252 e. The first-order valence-corrected chi connectivity index (χ1v) is 7.04. The lowest BCUT2D eigenvalue weighted by atomic mass is 10.1. The molecular weight excluding hydrogens is 325 g/mol. The highest BCUT2D eigenvalue weighted by Crippen LogP contribution is 2.17. The van der Waals surface area contributed by atoms with Crippen molar-refractivity contribution in [3.63, 3.8) is 0 Å². The molecule has 1 atom stereocenters. The van der Waals surface area contributed by atoms with Gasteiger partial charge in [-0.2, -0.15) is 0 Å². The molecule has 0 aliphatic heterocycles. The molecule has 0 aliphatic carbocycles. The SMILES string of the molecule is C[C@H](CNC(=O)c1cc(F)ccc1Br)Cn1ccnc1. The largest absolute Gasteiger partial charge is 0.352 e. The molecule has 1 heterocycles. The highest BCUT2D eigenvalue weighted by atomic mass is 79.9. The third-order valence-electron chi connectivity index (χ3n) is 2.87. The van der Waals surface area contributed by atoms with Crippen molar-refractivity contribution in [1.29, 1.82) is 0 Å². The van der Waals surface area contributed by atoms with Crippen LogP contribution in [0.1, 0.15) is 17.3 Å². The minimum atomic E-state index is -0.426. The number of hydrogen-bond donors (Lipinski definition) is 1. The van der Waals surface area contributed by atoms with Gasteiger partial charge in [0.05, 0.1) is 11.9 Å². The van der Waals surface area contributed by atoms with Crippen LogP contribution >= 0.6 is 15.9 Å². The molecule has 0 radical (unpaired) electrons. The topological polar surface area (TPSA) is 46.9 Å². The van der Waals surface area contributed by atoms with Crippen molar-refractivity contribution in [2.75, 3.05) is 6.54 Å². The lowest BCUT2D eigenvalue weighted by molar-refractivity contribution is 0.0945. The van der Waals surface area contributed by atoms with E-state index in [4.69, 9.17) is 0 Å². The molecule has 1 aromatic carbocycles. The minimum Gasteiger partial charge on any atom is -0.352 e. The maximum atomic E-state index is 13.1. The molecule has 6 heteroatoms. The van der Waals surface area contributed by atoms with Crippen LogP contribution in [0, 0.1) is 11.7 Å². The van der Waals surface area contributed by atoms with Gasteiger partial charge in [-0.1, -0.05) is 6.92 Å². The zero-order valence-corrected chi connectivity index (χ0v) is 12.6. The average molecular weight is 340 g/mol. The Morgan fingerprint density at radius 2 is 2.35 bits per heavy atom. The van der Waals surface area contributed by atoms with Gasteiger partial charge in [-0.25, -0.2) is 9.37 Å². The minimum absolute atomic E-state index is 0.250. The van der Waals surface area contributed by atoms with Gasteiger partial charge in [0, 0.05) is 30.0 Å². The molecule has 20 heavy (non-hydrogen) atoms. The molecule has 0 saturated carbocycles. The lowest BCUT2D eigenvalue weighted by Gasteiger charge is -2.13. The smallest absolute Gasteiger partial charge is 0.252 e. The molecule has 0 spiro atoms. The number of halogens is 2. The second kappa shape index (κ2) is 6.65.